The normalized spacial score (nSPS) is 10.3. The van der Waals surface area contributed by atoms with E-state index in [1.165, 1.54) is 0 Å². The van der Waals surface area contributed by atoms with Gasteiger partial charge in [0, 0.05) is 36.7 Å². The van der Waals surface area contributed by atoms with Gasteiger partial charge in [0.15, 0.2) is 0 Å². The number of amides is 2. The lowest BCUT2D eigenvalue weighted by Crippen LogP contribution is -2.35. The summed E-state index contributed by atoms with van der Waals surface area (Å²) >= 11 is 0. The second-order valence-electron chi connectivity index (χ2n) is 5.91. The Morgan fingerprint density at radius 1 is 0.769 bits per heavy atom. The van der Waals surface area contributed by atoms with Crippen molar-refractivity contribution in [1.82, 2.24) is 15.2 Å². The zero-order chi connectivity index (χ0) is 18.2. The minimum Gasteiger partial charge on any atom is -0.354 e. The summed E-state index contributed by atoms with van der Waals surface area (Å²) in [7, 11) is 0. The molecule has 2 amide bonds. The molecule has 0 saturated heterocycles. The summed E-state index contributed by atoms with van der Waals surface area (Å²) in [4.78, 5) is 24.0. The fourth-order valence-corrected chi connectivity index (χ4v) is 2.62. The molecule has 1 aromatic heterocycles. The van der Waals surface area contributed by atoms with Crippen molar-refractivity contribution in [2.75, 3.05) is 13.1 Å². The van der Waals surface area contributed by atoms with E-state index in [1.54, 1.807) is 12.1 Å². The highest BCUT2D eigenvalue weighted by Crippen LogP contribution is 2.09. The quantitative estimate of drug-likeness (QED) is 0.645. The molecule has 3 rings (SSSR count). The van der Waals surface area contributed by atoms with Crippen LogP contribution in [0.4, 0.5) is 0 Å². The minimum atomic E-state index is -0.152. The van der Waals surface area contributed by atoms with E-state index in [-0.39, 0.29) is 11.8 Å². The third kappa shape index (κ3) is 4.83. The summed E-state index contributed by atoms with van der Waals surface area (Å²) in [5.74, 6) is -0.206. The van der Waals surface area contributed by atoms with Crippen LogP contribution in [0.1, 0.15) is 15.9 Å². The lowest BCUT2D eigenvalue weighted by molar-refractivity contribution is -0.120. The first-order valence-electron chi connectivity index (χ1n) is 8.54. The SMILES string of the molecule is O=C(Cc1ccccc1)NCCNC(=O)c1ccc(-n2cccc2)cc1. The first kappa shape index (κ1) is 17.5. The van der Waals surface area contributed by atoms with Gasteiger partial charge in [-0.1, -0.05) is 30.3 Å². The number of nitrogens with one attached hydrogen (secondary N) is 2. The molecule has 0 aliphatic carbocycles. The zero-order valence-corrected chi connectivity index (χ0v) is 14.4. The number of carbonyl (C=O) groups excluding carboxylic acids is 2. The Labute approximate surface area is 152 Å². The van der Waals surface area contributed by atoms with Crippen LogP contribution in [0.25, 0.3) is 5.69 Å². The summed E-state index contributed by atoms with van der Waals surface area (Å²) < 4.78 is 1.98. The Hall–Kier alpha value is -3.34. The highest BCUT2D eigenvalue weighted by atomic mass is 16.2. The number of rotatable bonds is 7. The van der Waals surface area contributed by atoms with Crippen LogP contribution in [0.2, 0.25) is 0 Å². The smallest absolute Gasteiger partial charge is 0.251 e. The molecule has 0 fully saturated rings. The Morgan fingerprint density at radius 2 is 1.42 bits per heavy atom. The van der Waals surface area contributed by atoms with Crippen LogP contribution in [0, 0.1) is 0 Å². The van der Waals surface area contributed by atoms with Crippen molar-refractivity contribution in [2.24, 2.45) is 0 Å². The van der Waals surface area contributed by atoms with Gasteiger partial charge in [0.05, 0.1) is 6.42 Å². The highest BCUT2D eigenvalue weighted by molar-refractivity contribution is 5.94. The number of hydrogen-bond donors (Lipinski definition) is 2. The lowest BCUT2D eigenvalue weighted by atomic mass is 10.1. The number of hydrogen-bond acceptors (Lipinski definition) is 2. The molecule has 0 atom stereocenters. The van der Waals surface area contributed by atoms with E-state index in [0.29, 0.717) is 25.1 Å². The Morgan fingerprint density at radius 3 is 2.12 bits per heavy atom. The molecule has 0 bridgehead atoms. The average molecular weight is 347 g/mol. The van der Waals surface area contributed by atoms with Gasteiger partial charge in [0.25, 0.3) is 5.91 Å². The minimum absolute atomic E-state index is 0.0541. The van der Waals surface area contributed by atoms with Crippen LogP contribution in [-0.4, -0.2) is 29.5 Å². The van der Waals surface area contributed by atoms with Gasteiger partial charge < -0.3 is 15.2 Å². The Bertz CT molecular complexity index is 841. The van der Waals surface area contributed by atoms with Crippen molar-refractivity contribution < 1.29 is 9.59 Å². The number of nitrogens with zero attached hydrogens (tertiary/aromatic N) is 1. The van der Waals surface area contributed by atoms with E-state index in [2.05, 4.69) is 10.6 Å². The molecule has 3 aromatic rings. The molecular formula is C21H21N3O2. The molecule has 5 nitrogen and oxygen atoms in total. The van der Waals surface area contributed by atoms with Crippen LogP contribution in [0.15, 0.2) is 79.1 Å². The summed E-state index contributed by atoms with van der Waals surface area (Å²) in [6, 6.07) is 20.8. The number of carbonyl (C=O) groups is 2. The van der Waals surface area contributed by atoms with E-state index >= 15 is 0 Å². The number of benzene rings is 2. The van der Waals surface area contributed by atoms with Crippen LogP contribution in [-0.2, 0) is 11.2 Å². The third-order valence-corrected chi connectivity index (χ3v) is 3.97. The standard InChI is InChI=1S/C21H21N3O2/c25-20(16-17-6-2-1-3-7-17)22-12-13-23-21(26)18-8-10-19(11-9-18)24-14-4-5-15-24/h1-11,14-15H,12-13,16H2,(H,22,25)(H,23,26). The molecule has 0 unspecified atom stereocenters. The first-order valence-corrected chi connectivity index (χ1v) is 8.54. The first-order chi connectivity index (χ1) is 12.7. The fourth-order valence-electron chi connectivity index (χ4n) is 2.62. The van der Waals surface area contributed by atoms with E-state index in [9.17, 15) is 9.59 Å². The molecule has 0 aliphatic heterocycles. The monoisotopic (exact) mass is 347 g/mol. The van der Waals surface area contributed by atoms with E-state index < -0.39 is 0 Å². The summed E-state index contributed by atoms with van der Waals surface area (Å²) in [5.41, 5.74) is 2.56. The van der Waals surface area contributed by atoms with E-state index in [1.807, 2.05) is 71.6 Å². The van der Waals surface area contributed by atoms with Gasteiger partial charge in [-0.25, -0.2) is 0 Å². The molecule has 1 heterocycles. The van der Waals surface area contributed by atoms with Gasteiger partial charge in [-0.3, -0.25) is 9.59 Å². The molecular weight excluding hydrogens is 326 g/mol. The van der Waals surface area contributed by atoms with Crippen molar-refractivity contribution in [3.8, 4) is 5.69 Å². The molecule has 2 aromatic carbocycles. The molecule has 5 heteroatoms. The second kappa shape index (κ2) is 8.67. The van der Waals surface area contributed by atoms with Gasteiger partial charge in [0.1, 0.15) is 0 Å². The van der Waals surface area contributed by atoms with Crippen molar-refractivity contribution in [3.05, 3.63) is 90.3 Å². The molecule has 26 heavy (non-hydrogen) atoms. The Kier molecular flexibility index (Phi) is 5.83. The molecule has 2 N–H and O–H groups in total. The summed E-state index contributed by atoms with van der Waals surface area (Å²) in [5, 5.41) is 5.62. The van der Waals surface area contributed by atoms with Crippen LogP contribution >= 0.6 is 0 Å². The molecule has 132 valence electrons. The van der Waals surface area contributed by atoms with Crippen molar-refractivity contribution in [2.45, 2.75) is 6.42 Å². The maximum Gasteiger partial charge on any atom is 0.251 e. The van der Waals surface area contributed by atoms with Gasteiger partial charge in [-0.05, 0) is 42.0 Å². The third-order valence-electron chi connectivity index (χ3n) is 3.97. The summed E-state index contributed by atoms with van der Waals surface area (Å²) in [6.07, 6.45) is 4.25. The van der Waals surface area contributed by atoms with Crippen LogP contribution in [0.5, 0.6) is 0 Å². The largest absolute Gasteiger partial charge is 0.354 e. The van der Waals surface area contributed by atoms with Crippen molar-refractivity contribution in [3.63, 3.8) is 0 Å². The zero-order valence-electron chi connectivity index (χ0n) is 14.4. The summed E-state index contributed by atoms with van der Waals surface area (Å²) in [6.45, 7) is 0.789. The maximum atomic E-state index is 12.1. The van der Waals surface area contributed by atoms with Gasteiger partial charge in [-0.15, -0.1) is 0 Å². The average Bonchev–Trinajstić information content (AvgIpc) is 3.21. The van der Waals surface area contributed by atoms with Gasteiger partial charge in [0.2, 0.25) is 5.91 Å². The maximum absolute atomic E-state index is 12.1. The predicted molar refractivity (Wildman–Crippen MR) is 101 cm³/mol. The molecule has 0 radical (unpaired) electrons. The topological polar surface area (TPSA) is 63.1 Å². The fraction of sp³-hybridized carbons (Fsp3) is 0.143. The van der Waals surface area contributed by atoms with Gasteiger partial charge >= 0.3 is 0 Å². The van der Waals surface area contributed by atoms with Crippen LogP contribution in [0.3, 0.4) is 0 Å². The van der Waals surface area contributed by atoms with Crippen LogP contribution < -0.4 is 10.6 Å². The lowest BCUT2D eigenvalue weighted by Gasteiger charge is -2.08. The van der Waals surface area contributed by atoms with Gasteiger partial charge in [-0.2, -0.15) is 0 Å². The molecule has 0 spiro atoms. The van der Waals surface area contributed by atoms with E-state index in [4.69, 9.17) is 0 Å². The van der Waals surface area contributed by atoms with Crippen molar-refractivity contribution in [1.29, 1.82) is 0 Å². The highest BCUT2D eigenvalue weighted by Gasteiger charge is 2.06. The van der Waals surface area contributed by atoms with E-state index in [0.717, 1.165) is 11.3 Å². The number of aromatic nitrogens is 1. The predicted octanol–water partition coefficient (Wildman–Crippen LogP) is 2.57. The molecule has 0 saturated carbocycles. The molecule has 0 aliphatic rings. The second-order valence-corrected chi connectivity index (χ2v) is 5.91. The van der Waals surface area contributed by atoms with Crippen molar-refractivity contribution >= 4 is 11.8 Å². The Balaban J connectivity index is 1.40.